The van der Waals surface area contributed by atoms with Crippen molar-refractivity contribution in [2.24, 2.45) is 0 Å². The molecular formula is C22H25ClN4O5S. The maximum atomic E-state index is 12.8. The van der Waals surface area contributed by atoms with Crippen LogP contribution in [0.15, 0.2) is 53.6 Å². The zero-order chi connectivity index (χ0) is 24.0. The monoisotopic (exact) mass is 492 g/mol. The highest BCUT2D eigenvalue weighted by Gasteiger charge is 2.24. The lowest BCUT2D eigenvalue weighted by Gasteiger charge is -2.18. The van der Waals surface area contributed by atoms with Crippen LogP contribution in [0.2, 0.25) is 5.02 Å². The van der Waals surface area contributed by atoms with E-state index in [9.17, 15) is 13.2 Å². The van der Waals surface area contributed by atoms with Gasteiger partial charge in [0.15, 0.2) is 11.5 Å². The van der Waals surface area contributed by atoms with Crippen molar-refractivity contribution in [1.82, 2.24) is 14.6 Å². The number of likely N-dealkylation sites (N-methyl/N-ethyl adjacent to an activating group) is 1. The summed E-state index contributed by atoms with van der Waals surface area (Å²) in [6, 6.07) is 11.5. The highest BCUT2D eigenvalue weighted by atomic mass is 35.5. The van der Waals surface area contributed by atoms with Gasteiger partial charge in [0.25, 0.3) is 0 Å². The van der Waals surface area contributed by atoms with E-state index in [1.165, 1.54) is 39.5 Å². The number of nitrogens with zero attached hydrogens (tertiary/aromatic N) is 2. The molecule has 0 aliphatic rings. The first-order valence-electron chi connectivity index (χ1n) is 9.99. The van der Waals surface area contributed by atoms with E-state index in [4.69, 9.17) is 21.1 Å². The van der Waals surface area contributed by atoms with Gasteiger partial charge in [-0.3, -0.25) is 9.78 Å². The van der Waals surface area contributed by atoms with Crippen molar-refractivity contribution in [2.75, 3.05) is 46.2 Å². The number of hydrogen-bond acceptors (Lipinski definition) is 7. The van der Waals surface area contributed by atoms with Crippen LogP contribution in [-0.2, 0) is 14.8 Å². The number of amides is 1. The summed E-state index contributed by atoms with van der Waals surface area (Å²) in [7, 11) is 0.338. The Hall–Kier alpha value is -3.08. The van der Waals surface area contributed by atoms with E-state index in [0.717, 1.165) is 20.9 Å². The summed E-state index contributed by atoms with van der Waals surface area (Å²) in [6.45, 7) is 0.424. The quantitative estimate of drug-likeness (QED) is 0.419. The molecule has 0 atom stereocenters. The molecule has 176 valence electrons. The minimum atomic E-state index is -3.89. The van der Waals surface area contributed by atoms with Crippen LogP contribution in [0.3, 0.4) is 0 Å². The van der Waals surface area contributed by atoms with Crippen molar-refractivity contribution in [3.05, 3.63) is 53.7 Å². The van der Waals surface area contributed by atoms with Gasteiger partial charge in [0, 0.05) is 48.5 Å². The van der Waals surface area contributed by atoms with E-state index >= 15 is 0 Å². The van der Waals surface area contributed by atoms with Gasteiger partial charge in [-0.05, 0) is 36.4 Å². The van der Waals surface area contributed by atoms with Crippen LogP contribution < -0.4 is 20.1 Å². The van der Waals surface area contributed by atoms with E-state index in [1.807, 2.05) is 12.1 Å². The summed E-state index contributed by atoms with van der Waals surface area (Å²) in [5, 5.41) is 7.47. The number of pyridine rings is 1. The molecule has 2 N–H and O–H groups in total. The van der Waals surface area contributed by atoms with Gasteiger partial charge in [-0.15, -0.1) is 0 Å². The number of methoxy groups -OCH3 is 2. The van der Waals surface area contributed by atoms with Gasteiger partial charge in [0.05, 0.1) is 31.2 Å². The third-order valence-corrected chi connectivity index (χ3v) is 6.93. The van der Waals surface area contributed by atoms with Crippen LogP contribution >= 0.6 is 11.6 Å². The van der Waals surface area contributed by atoms with E-state index in [-0.39, 0.29) is 17.2 Å². The lowest BCUT2D eigenvalue weighted by Crippen LogP contribution is -2.39. The molecule has 1 aromatic heterocycles. The Kier molecular flexibility index (Phi) is 7.96. The highest BCUT2D eigenvalue weighted by molar-refractivity contribution is 7.89. The predicted molar refractivity (Wildman–Crippen MR) is 128 cm³/mol. The molecule has 0 spiro atoms. The molecule has 9 nitrogen and oxygen atoms in total. The Morgan fingerprint density at radius 3 is 2.55 bits per heavy atom. The van der Waals surface area contributed by atoms with Gasteiger partial charge in [-0.25, -0.2) is 8.42 Å². The molecule has 11 heteroatoms. The summed E-state index contributed by atoms with van der Waals surface area (Å²) < 4.78 is 36.9. The van der Waals surface area contributed by atoms with E-state index in [1.54, 1.807) is 18.3 Å². The minimum absolute atomic E-state index is 0.00165. The molecule has 2 aromatic carbocycles. The topological polar surface area (TPSA) is 110 Å². The molecule has 0 aliphatic carbocycles. The van der Waals surface area contributed by atoms with Crippen molar-refractivity contribution in [3.8, 4) is 11.5 Å². The summed E-state index contributed by atoms with van der Waals surface area (Å²) in [5.74, 6) is 0.276. The molecule has 3 rings (SSSR count). The van der Waals surface area contributed by atoms with Crippen molar-refractivity contribution in [3.63, 3.8) is 0 Å². The third-order valence-electron chi connectivity index (χ3n) is 4.90. The van der Waals surface area contributed by atoms with Crippen molar-refractivity contribution >= 4 is 44.1 Å². The lowest BCUT2D eigenvalue weighted by molar-refractivity contribution is -0.121. The van der Waals surface area contributed by atoms with Gasteiger partial charge < -0.3 is 20.1 Å². The number of carbonyl (C=O) groups is 1. The fraction of sp³-hybridized carbons (Fsp3) is 0.273. The van der Waals surface area contributed by atoms with E-state index in [2.05, 4.69) is 15.6 Å². The second-order valence-electron chi connectivity index (χ2n) is 7.07. The van der Waals surface area contributed by atoms with Crippen LogP contribution in [0, 0.1) is 0 Å². The molecule has 0 saturated heterocycles. The summed E-state index contributed by atoms with van der Waals surface area (Å²) in [5.41, 5.74) is 1.62. The summed E-state index contributed by atoms with van der Waals surface area (Å²) in [4.78, 5) is 16.6. The van der Waals surface area contributed by atoms with Crippen LogP contribution in [0.5, 0.6) is 11.5 Å². The fourth-order valence-corrected chi connectivity index (χ4v) is 4.48. The Morgan fingerprint density at radius 2 is 1.82 bits per heavy atom. The van der Waals surface area contributed by atoms with Crippen LogP contribution in [0.1, 0.15) is 0 Å². The molecule has 0 saturated carbocycles. The molecule has 0 bridgehead atoms. The zero-order valence-corrected chi connectivity index (χ0v) is 20.0. The number of carbonyl (C=O) groups excluding carboxylic acids is 1. The Balaban J connectivity index is 1.54. The third kappa shape index (κ3) is 5.84. The number of fused-ring (bicyclic) bond motifs is 1. The Labute approximate surface area is 197 Å². The SMILES string of the molecule is COc1ccc(S(=O)(=O)N(C)CC(=O)NCCNc2ccnc3cc(Cl)ccc23)cc1OC. The zero-order valence-electron chi connectivity index (χ0n) is 18.5. The van der Waals surface area contributed by atoms with Gasteiger partial charge in [0.2, 0.25) is 15.9 Å². The second kappa shape index (κ2) is 10.7. The van der Waals surface area contributed by atoms with Crippen LogP contribution in [0.25, 0.3) is 10.9 Å². The number of nitrogens with one attached hydrogen (secondary N) is 2. The van der Waals surface area contributed by atoms with Gasteiger partial charge >= 0.3 is 0 Å². The number of benzene rings is 2. The average Bonchev–Trinajstić information content (AvgIpc) is 2.80. The normalized spacial score (nSPS) is 11.4. The average molecular weight is 493 g/mol. The number of anilines is 1. The molecule has 0 aliphatic heterocycles. The largest absolute Gasteiger partial charge is 0.493 e. The Morgan fingerprint density at radius 1 is 1.06 bits per heavy atom. The number of ether oxygens (including phenoxy) is 2. The minimum Gasteiger partial charge on any atom is -0.493 e. The smallest absolute Gasteiger partial charge is 0.243 e. The van der Waals surface area contributed by atoms with Gasteiger partial charge in [0.1, 0.15) is 0 Å². The molecule has 1 heterocycles. The molecule has 0 radical (unpaired) electrons. The number of sulfonamides is 1. The first kappa shape index (κ1) is 24.6. The first-order valence-corrected chi connectivity index (χ1v) is 11.8. The van der Waals surface area contributed by atoms with Crippen molar-refractivity contribution in [1.29, 1.82) is 0 Å². The highest BCUT2D eigenvalue weighted by Crippen LogP contribution is 2.30. The second-order valence-corrected chi connectivity index (χ2v) is 9.56. The molecule has 0 fully saturated rings. The number of aromatic nitrogens is 1. The Bertz CT molecular complexity index is 1250. The first-order chi connectivity index (χ1) is 15.8. The molecular weight excluding hydrogens is 468 g/mol. The van der Waals surface area contributed by atoms with Gasteiger partial charge in [-0.1, -0.05) is 11.6 Å². The van der Waals surface area contributed by atoms with Crippen molar-refractivity contribution < 1.29 is 22.7 Å². The van der Waals surface area contributed by atoms with Crippen molar-refractivity contribution in [2.45, 2.75) is 4.90 Å². The lowest BCUT2D eigenvalue weighted by atomic mass is 10.2. The number of hydrogen-bond donors (Lipinski definition) is 2. The van der Waals surface area contributed by atoms with Crippen LogP contribution in [-0.4, -0.2) is 64.5 Å². The number of halogens is 1. The standard InChI is InChI=1S/C22H25ClN4O5S/c1-27(33(29,30)16-5-7-20(31-2)21(13-16)32-3)14-22(28)26-11-10-25-18-8-9-24-19-12-15(23)4-6-17(18)19/h4-9,12-13H,10-11,14H2,1-3H3,(H,24,25)(H,26,28). The molecule has 33 heavy (non-hydrogen) atoms. The van der Waals surface area contributed by atoms with Crippen LogP contribution in [0.4, 0.5) is 5.69 Å². The maximum absolute atomic E-state index is 12.8. The molecule has 0 unspecified atom stereocenters. The molecule has 3 aromatic rings. The number of rotatable bonds is 10. The van der Waals surface area contributed by atoms with E-state index < -0.39 is 15.9 Å². The summed E-state index contributed by atoms with van der Waals surface area (Å²) in [6.07, 6.45) is 1.67. The summed E-state index contributed by atoms with van der Waals surface area (Å²) >= 11 is 6.01. The fourth-order valence-electron chi connectivity index (χ4n) is 3.17. The predicted octanol–water partition coefficient (Wildman–Crippen LogP) is 2.75. The molecule has 1 amide bonds. The van der Waals surface area contributed by atoms with Gasteiger partial charge in [-0.2, -0.15) is 4.31 Å². The maximum Gasteiger partial charge on any atom is 0.243 e. The van der Waals surface area contributed by atoms with E-state index in [0.29, 0.717) is 23.9 Å².